The van der Waals surface area contributed by atoms with Crippen molar-refractivity contribution in [3.63, 3.8) is 0 Å². The first kappa shape index (κ1) is 15.5. The minimum atomic E-state index is -4.39. The highest BCUT2D eigenvalue weighted by Gasteiger charge is 2.30. The summed E-state index contributed by atoms with van der Waals surface area (Å²) < 4.78 is 56.4. The molecule has 0 aliphatic rings. The van der Waals surface area contributed by atoms with Crippen LogP contribution in [-0.4, -0.2) is 17.1 Å². The Bertz CT molecular complexity index is 824. The molecule has 2 aromatic carbocycles. The number of benzene rings is 2. The molecule has 0 aliphatic carbocycles. The summed E-state index contributed by atoms with van der Waals surface area (Å²) in [5.41, 5.74) is 0.826. The van der Waals surface area contributed by atoms with Crippen molar-refractivity contribution in [3.8, 4) is 0 Å². The lowest BCUT2D eigenvalue weighted by Gasteiger charge is -2.14. The predicted octanol–water partition coefficient (Wildman–Crippen LogP) is 4.46. The third-order valence-electron chi connectivity index (χ3n) is 3.49. The molecule has 3 nitrogen and oxygen atoms in total. The van der Waals surface area contributed by atoms with E-state index in [1.165, 1.54) is 31.4 Å². The summed E-state index contributed by atoms with van der Waals surface area (Å²) in [4.78, 5) is 7.24. The minimum absolute atomic E-state index is 0.396. The van der Waals surface area contributed by atoms with Crippen LogP contribution in [-0.2, 0) is 10.9 Å². The smallest absolute Gasteiger partial charge is 0.369 e. The van der Waals surface area contributed by atoms with Gasteiger partial charge in [0.1, 0.15) is 17.7 Å². The van der Waals surface area contributed by atoms with Crippen LogP contribution in [0.1, 0.15) is 23.1 Å². The molecule has 1 unspecified atom stereocenters. The first-order valence-corrected chi connectivity index (χ1v) is 6.73. The second-order valence-electron chi connectivity index (χ2n) is 5.02. The Balaban J connectivity index is 1.97. The van der Waals surface area contributed by atoms with E-state index >= 15 is 0 Å². The highest BCUT2D eigenvalue weighted by atomic mass is 19.4. The molecule has 1 aromatic heterocycles. The number of aromatic nitrogens is 2. The van der Waals surface area contributed by atoms with Crippen molar-refractivity contribution in [2.45, 2.75) is 12.3 Å². The molecule has 3 rings (SSSR count). The maximum Gasteiger partial charge on any atom is 0.416 e. The van der Waals surface area contributed by atoms with Gasteiger partial charge in [-0.3, -0.25) is 0 Å². The number of rotatable bonds is 3. The van der Waals surface area contributed by atoms with E-state index in [0.29, 0.717) is 22.4 Å². The molecule has 0 radical (unpaired) electrons. The van der Waals surface area contributed by atoms with Crippen LogP contribution in [0, 0.1) is 5.82 Å². The summed E-state index contributed by atoms with van der Waals surface area (Å²) in [7, 11) is 1.43. The van der Waals surface area contributed by atoms with Crippen LogP contribution in [0.5, 0.6) is 0 Å². The van der Waals surface area contributed by atoms with Crippen LogP contribution in [0.15, 0.2) is 42.5 Å². The van der Waals surface area contributed by atoms with E-state index < -0.39 is 23.7 Å². The van der Waals surface area contributed by atoms with Gasteiger partial charge < -0.3 is 9.72 Å². The summed E-state index contributed by atoms with van der Waals surface area (Å²) in [5.74, 6) is -0.0214. The van der Waals surface area contributed by atoms with Gasteiger partial charge in [0.15, 0.2) is 0 Å². The van der Waals surface area contributed by atoms with Gasteiger partial charge in [0.25, 0.3) is 0 Å². The SMILES string of the molecule is COC(c1ccc(C(F)(F)F)cc1)c1nc2cc(F)ccc2[nH]1. The molecule has 0 saturated carbocycles. The number of halogens is 4. The topological polar surface area (TPSA) is 37.9 Å². The monoisotopic (exact) mass is 324 g/mol. The fourth-order valence-electron chi connectivity index (χ4n) is 2.38. The van der Waals surface area contributed by atoms with E-state index in [2.05, 4.69) is 9.97 Å². The van der Waals surface area contributed by atoms with Gasteiger partial charge in [0, 0.05) is 13.2 Å². The number of alkyl halides is 3. The summed E-state index contributed by atoms with van der Waals surface area (Å²) >= 11 is 0. The number of nitrogens with one attached hydrogen (secondary N) is 1. The van der Waals surface area contributed by atoms with E-state index in [9.17, 15) is 17.6 Å². The Morgan fingerprint density at radius 1 is 1.09 bits per heavy atom. The van der Waals surface area contributed by atoms with Gasteiger partial charge in [-0.15, -0.1) is 0 Å². The molecule has 0 fully saturated rings. The molecule has 1 atom stereocenters. The number of aromatic amines is 1. The van der Waals surface area contributed by atoms with Crippen molar-refractivity contribution >= 4 is 11.0 Å². The van der Waals surface area contributed by atoms with E-state index in [-0.39, 0.29) is 0 Å². The second kappa shape index (κ2) is 5.66. The average Bonchev–Trinajstić information content (AvgIpc) is 2.90. The maximum absolute atomic E-state index is 13.2. The van der Waals surface area contributed by atoms with E-state index in [4.69, 9.17) is 4.74 Å². The normalized spacial score (nSPS) is 13.4. The van der Waals surface area contributed by atoms with Gasteiger partial charge >= 0.3 is 6.18 Å². The lowest BCUT2D eigenvalue weighted by Crippen LogP contribution is -2.08. The highest BCUT2D eigenvalue weighted by Crippen LogP contribution is 2.31. The van der Waals surface area contributed by atoms with Gasteiger partial charge in [0.05, 0.1) is 16.6 Å². The predicted molar refractivity (Wildman–Crippen MR) is 76.3 cm³/mol. The van der Waals surface area contributed by atoms with Crippen molar-refractivity contribution in [3.05, 3.63) is 65.2 Å². The molecule has 0 saturated heterocycles. The zero-order chi connectivity index (χ0) is 16.6. The molecule has 7 heteroatoms. The zero-order valence-electron chi connectivity index (χ0n) is 12.0. The molecule has 0 aliphatic heterocycles. The van der Waals surface area contributed by atoms with E-state index in [0.717, 1.165) is 12.1 Å². The third kappa shape index (κ3) is 3.05. The Hall–Kier alpha value is -2.41. The van der Waals surface area contributed by atoms with E-state index in [1.807, 2.05) is 0 Å². The molecule has 0 bridgehead atoms. The van der Waals surface area contributed by atoms with Crippen molar-refractivity contribution < 1.29 is 22.3 Å². The van der Waals surface area contributed by atoms with Gasteiger partial charge in [-0.1, -0.05) is 12.1 Å². The van der Waals surface area contributed by atoms with Crippen LogP contribution >= 0.6 is 0 Å². The summed E-state index contributed by atoms with van der Waals surface area (Å²) in [6.45, 7) is 0. The van der Waals surface area contributed by atoms with Crippen LogP contribution in [0.2, 0.25) is 0 Å². The van der Waals surface area contributed by atoms with Crippen molar-refractivity contribution in [1.29, 1.82) is 0 Å². The van der Waals surface area contributed by atoms with Crippen LogP contribution in [0.25, 0.3) is 11.0 Å². The van der Waals surface area contributed by atoms with Gasteiger partial charge in [0.2, 0.25) is 0 Å². The molecule has 3 aromatic rings. The largest absolute Gasteiger partial charge is 0.416 e. The lowest BCUT2D eigenvalue weighted by atomic mass is 10.1. The number of hydrogen-bond donors (Lipinski definition) is 1. The van der Waals surface area contributed by atoms with Crippen molar-refractivity contribution in [2.24, 2.45) is 0 Å². The van der Waals surface area contributed by atoms with Gasteiger partial charge in [-0.2, -0.15) is 13.2 Å². The fourth-order valence-corrected chi connectivity index (χ4v) is 2.38. The first-order chi connectivity index (χ1) is 10.9. The standard InChI is InChI=1S/C16H12F4N2O/c1-23-14(9-2-4-10(5-3-9)16(18,19)20)15-21-12-7-6-11(17)8-13(12)22-15/h2-8,14H,1H3,(H,21,22). The minimum Gasteiger partial charge on any atom is -0.369 e. The third-order valence-corrected chi connectivity index (χ3v) is 3.49. The molecule has 1 N–H and O–H groups in total. The van der Waals surface area contributed by atoms with Crippen LogP contribution in [0.4, 0.5) is 17.6 Å². The summed E-state index contributed by atoms with van der Waals surface area (Å²) in [5, 5.41) is 0. The quantitative estimate of drug-likeness (QED) is 0.723. The molecule has 1 heterocycles. The maximum atomic E-state index is 13.2. The Kier molecular flexibility index (Phi) is 3.81. The molecular formula is C16H12F4N2O. The molecule has 23 heavy (non-hydrogen) atoms. The Morgan fingerprint density at radius 2 is 1.78 bits per heavy atom. The molecular weight excluding hydrogens is 312 g/mol. The van der Waals surface area contributed by atoms with Gasteiger partial charge in [-0.25, -0.2) is 9.37 Å². The average molecular weight is 324 g/mol. The molecule has 0 spiro atoms. The molecule has 0 amide bonds. The first-order valence-electron chi connectivity index (χ1n) is 6.73. The summed E-state index contributed by atoms with van der Waals surface area (Å²) in [6, 6.07) is 8.77. The van der Waals surface area contributed by atoms with Crippen LogP contribution in [0.3, 0.4) is 0 Å². The number of H-pyrrole nitrogens is 1. The lowest BCUT2D eigenvalue weighted by molar-refractivity contribution is -0.137. The van der Waals surface area contributed by atoms with Crippen LogP contribution < -0.4 is 0 Å². The number of imidazole rings is 1. The number of fused-ring (bicyclic) bond motifs is 1. The second-order valence-corrected chi connectivity index (χ2v) is 5.02. The number of ether oxygens (including phenoxy) is 1. The highest BCUT2D eigenvalue weighted by molar-refractivity contribution is 5.75. The number of methoxy groups -OCH3 is 1. The van der Waals surface area contributed by atoms with Gasteiger partial charge in [-0.05, 0) is 29.8 Å². The Labute approximate surface area is 128 Å². The Morgan fingerprint density at radius 3 is 2.39 bits per heavy atom. The van der Waals surface area contributed by atoms with E-state index in [1.54, 1.807) is 6.07 Å². The fraction of sp³-hybridized carbons (Fsp3) is 0.188. The molecule has 120 valence electrons. The summed E-state index contributed by atoms with van der Waals surface area (Å²) in [6.07, 6.45) is -5.06. The number of nitrogens with zero attached hydrogens (tertiary/aromatic N) is 1. The zero-order valence-corrected chi connectivity index (χ0v) is 12.0. The van der Waals surface area contributed by atoms with Crippen molar-refractivity contribution in [2.75, 3.05) is 7.11 Å². The number of hydrogen-bond acceptors (Lipinski definition) is 2. The van der Waals surface area contributed by atoms with Crippen molar-refractivity contribution in [1.82, 2.24) is 9.97 Å².